The van der Waals surface area contributed by atoms with Gasteiger partial charge in [0, 0.05) is 41.6 Å². The number of hydrogen-bond acceptors (Lipinski definition) is 7. The quantitative estimate of drug-likeness (QED) is 0.512. The van der Waals surface area contributed by atoms with Gasteiger partial charge in [-0.05, 0) is 38.1 Å². The summed E-state index contributed by atoms with van der Waals surface area (Å²) in [5, 5.41) is 10.3. The van der Waals surface area contributed by atoms with Crippen LogP contribution >= 0.6 is 12.0 Å². The highest BCUT2D eigenvalue weighted by molar-refractivity contribution is 7.94. The molecule has 1 aromatic carbocycles. The molecule has 0 amide bonds. The molecule has 1 saturated heterocycles. The lowest BCUT2D eigenvalue weighted by molar-refractivity contribution is -0.0339. The molecule has 0 N–H and O–H groups in total. The van der Waals surface area contributed by atoms with Crippen molar-refractivity contribution >= 4 is 28.6 Å². The summed E-state index contributed by atoms with van der Waals surface area (Å²) < 4.78 is 11.9. The van der Waals surface area contributed by atoms with Gasteiger partial charge in [0.05, 0.1) is 30.7 Å². The molecular weight excluding hydrogens is 408 g/mol. The van der Waals surface area contributed by atoms with Crippen molar-refractivity contribution in [1.82, 2.24) is 9.97 Å². The first kappa shape index (κ1) is 23.0. The van der Waals surface area contributed by atoms with Crippen molar-refractivity contribution in [1.29, 1.82) is 5.26 Å². The van der Waals surface area contributed by atoms with Crippen LogP contribution in [0.1, 0.15) is 32.0 Å². The molecule has 0 aliphatic carbocycles. The third-order valence-corrected chi connectivity index (χ3v) is 5.55. The summed E-state index contributed by atoms with van der Waals surface area (Å²) in [6.45, 7) is 10.1. The maximum atomic E-state index is 9.32. The zero-order valence-corrected chi connectivity index (χ0v) is 19.2. The van der Waals surface area contributed by atoms with E-state index in [1.807, 2.05) is 26.0 Å². The summed E-state index contributed by atoms with van der Waals surface area (Å²) in [6.07, 6.45) is 3.46. The van der Waals surface area contributed by atoms with Crippen molar-refractivity contribution in [3.63, 3.8) is 0 Å². The number of fused-ring (bicyclic) bond motifs is 1. The molecule has 2 aromatic heterocycles. The first-order valence-corrected chi connectivity index (χ1v) is 11.3. The fraction of sp³-hybridized carbons (Fsp3) is 0.375. The molecule has 4 rings (SSSR count). The summed E-state index contributed by atoms with van der Waals surface area (Å²) in [6, 6.07) is 14.2. The lowest BCUT2D eigenvalue weighted by atomic mass is 10.1. The van der Waals surface area contributed by atoms with E-state index in [9.17, 15) is 5.26 Å². The van der Waals surface area contributed by atoms with Crippen LogP contribution in [0.4, 0.5) is 5.69 Å². The number of aromatic nitrogens is 2. The number of morpholine rings is 1. The van der Waals surface area contributed by atoms with Crippen molar-refractivity contribution in [2.45, 2.75) is 44.8 Å². The Morgan fingerprint density at radius 2 is 1.97 bits per heavy atom. The van der Waals surface area contributed by atoms with Crippen LogP contribution in [-0.2, 0) is 8.92 Å². The maximum absolute atomic E-state index is 9.32. The van der Waals surface area contributed by atoms with Gasteiger partial charge < -0.3 is 13.8 Å². The monoisotopic (exact) mass is 436 g/mol. The highest BCUT2D eigenvalue weighted by Gasteiger charge is 2.27. The lowest BCUT2D eigenvalue weighted by Gasteiger charge is -2.38. The van der Waals surface area contributed by atoms with Gasteiger partial charge in [-0.3, -0.25) is 4.98 Å². The number of anilines is 1. The SMILES string of the molecule is CC.Cc1ccc(SOCC2CN(c3cnc(C#N)c4ncccc34)CC(C)O2)cc1. The van der Waals surface area contributed by atoms with Crippen molar-refractivity contribution in [3.8, 4) is 6.07 Å². The predicted octanol–water partition coefficient (Wildman–Crippen LogP) is 5.15. The number of aryl methyl sites for hydroxylation is 1. The van der Waals surface area contributed by atoms with Gasteiger partial charge in [0.2, 0.25) is 0 Å². The second-order valence-electron chi connectivity index (χ2n) is 7.16. The Kier molecular flexibility index (Phi) is 8.24. The molecular formula is C24H28N4O2S. The number of pyridine rings is 2. The Balaban J connectivity index is 0.00000132. The molecule has 2 unspecified atom stereocenters. The average Bonchev–Trinajstić information content (AvgIpc) is 2.80. The second-order valence-corrected chi connectivity index (χ2v) is 8.03. The normalized spacial score (nSPS) is 18.2. The second kappa shape index (κ2) is 11.1. The third kappa shape index (κ3) is 5.73. The first-order chi connectivity index (χ1) is 15.1. The van der Waals surface area contributed by atoms with Crippen LogP contribution in [0.2, 0.25) is 0 Å². The Labute approximate surface area is 188 Å². The average molecular weight is 437 g/mol. The van der Waals surface area contributed by atoms with Gasteiger partial charge in [0.25, 0.3) is 0 Å². The molecule has 1 fully saturated rings. The van der Waals surface area contributed by atoms with Gasteiger partial charge in [-0.2, -0.15) is 5.26 Å². The lowest BCUT2D eigenvalue weighted by Crippen LogP contribution is -2.48. The van der Waals surface area contributed by atoms with Crippen LogP contribution in [0.15, 0.2) is 53.7 Å². The third-order valence-electron chi connectivity index (χ3n) is 4.83. The van der Waals surface area contributed by atoms with Gasteiger partial charge in [0.15, 0.2) is 5.69 Å². The largest absolute Gasteiger partial charge is 0.369 e. The standard InChI is InChI=1S/C22H22N4O2S.C2H6/c1-15-5-7-18(8-6-15)29-27-14-17-13-26(12-16(2)28-17)21-11-25-20(10-23)22-19(21)4-3-9-24-22;1-2/h3-9,11,16-17H,12-14H2,1-2H3;1-2H3. The van der Waals surface area contributed by atoms with Gasteiger partial charge in [-0.25, -0.2) is 4.98 Å². The van der Waals surface area contributed by atoms with Gasteiger partial charge in [0.1, 0.15) is 11.6 Å². The molecule has 6 nitrogen and oxygen atoms in total. The first-order valence-electron chi connectivity index (χ1n) is 10.5. The number of benzene rings is 1. The molecule has 0 spiro atoms. The van der Waals surface area contributed by atoms with Crippen LogP contribution in [0.5, 0.6) is 0 Å². The summed E-state index contributed by atoms with van der Waals surface area (Å²) in [5.41, 5.74) is 3.18. The van der Waals surface area contributed by atoms with Crippen molar-refractivity contribution < 1.29 is 8.92 Å². The van der Waals surface area contributed by atoms with Crippen LogP contribution in [0, 0.1) is 18.3 Å². The van der Waals surface area contributed by atoms with E-state index in [0.29, 0.717) is 24.4 Å². The molecule has 3 aromatic rings. The smallest absolute Gasteiger partial charge is 0.166 e. The summed E-state index contributed by atoms with van der Waals surface area (Å²) >= 11 is 1.37. The van der Waals surface area contributed by atoms with Gasteiger partial charge >= 0.3 is 0 Å². The van der Waals surface area contributed by atoms with E-state index in [1.54, 1.807) is 12.4 Å². The highest BCUT2D eigenvalue weighted by Crippen LogP contribution is 2.29. The molecule has 0 radical (unpaired) electrons. The summed E-state index contributed by atoms with van der Waals surface area (Å²) in [4.78, 5) is 12.0. The maximum Gasteiger partial charge on any atom is 0.166 e. The number of ether oxygens (including phenoxy) is 1. The molecule has 162 valence electrons. The Morgan fingerprint density at radius 1 is 1.19 bits per heavy atom. The molecule has 0 saturated carbocycles. The minimum absolute atomic E-state index is 0.0564. The molecule has 31 heavy (non-hydrogen) atoms. The van der Waals surface area contributed by atoms with Crippen LogP contribution in [0.3, 0.4) is 0 Å². The zero-order chi connectivity index (χ0) is 22.2. The zero-order valence-electron chi connectivity index (χ0n) is 18.4. The minimum Gasteiger partial charge on any atom is -0.369 e. The Bertz CT molecular complexity index is 1040. The number of rotatable bonds is 5. The molecule has 1 aliphatic heterocycles. The van der Waals surface area contributed by atoms with Crippen molar-refractivity contribution in [2.75, 3.05) is 24.6 Å². The van der Waals surface area contributed by atoms with Gasteiger partial charge in [-0.1, -0.05) is 31.5 Å². The summed E-state index contributed by atoms with van der Waals surface area (Å²) in [5.74, 6) is 0. The molecule has 0 bridgehead atoms. The van der Waals surface area contributed by atoms with Gasteiger partial charge in [-0.15, -0.1) is 0 Å². The van der Waals surface area contributed by atoms with Crippen LogP contribution < -0.4 is 4.90 Å². The van der Waals surface area contributed by atoms with E-state index in [-0.39, 0.29) is 12.2 Å². The van der Waals surface area contributed by atoms with E-state index in [4.69, 9.17) is 8.92 Å². The van der Waals surface area contributed by atoms with E-state index in [0.717, 1.165) is 22.5 Å². The highest BCUT2D eigenvalue weighted by atomic mass is 32.2. The number of nitriles is 1. The molecule has 1 aliphatic rings. The minimum atomic E-state index is -0.0564. The number of nitrogens with zero attached hydrogens (tertiary/aromatic N) is 4. The topological polar surface area (TPSA) is 71.3 Å². The van der Waals surface area contributed by atoms with Crippen molar-refractivity contribution in [3.05, 3.63) is 60.0 Å². The van der Waals surface area contributed by atoms with Crippen LogP contribution in [-0.4, -0.2) is 41.9 Å². The molecule has 3 heterocycles. The Morgan fingerprint density at radius 3 is 2.71 bits per heavy atom. The predicted molar refractivity (Wildman–Crippen MR) is 125 cm³/mol. The van der Waals surface area contributed by atoms with Crippen LogP contribution in [0.25, 0.3) is 10.9 Å². The molecule has 7 heteroatoms. The fourth-order valence-corrected chi connectivity index (χ4v) is 4.10. The Hall–Kier alpha value is -2.66. The van der Waals surface area contributed by atoms with E-state index < -0.39 is 0 Å². The fourth-order valence-electron chi connectivity index (χ4n) is 3.50. The van der Waals surface area contributed by atoms with E-state index in [1.165, 1.54) is 17.6 Å². The summed E-state index contributed by atoms with van der Waals surface area (Å²) in [7, 11) is 0. The van der Waals surface area contributed by atoms with E-state index in [2.05, 4.69) is 59.1 Å². The number of hydrogen-bond donors (Lipinski definition) is 0. The molecule has 2 atom stereocenters. The van der Waals surface area contributed by atoms with Crippen molar-refractivity contribution in [2.24, 2.45) is 0 Å². The van der Waals surface area contributed by atoms with E-state index >= 15 is 0 Å².